The van der Waals surface area contributed by atoms with E-state index in [1.807, 2.05) is 0 Å². The Bertz CT molecular complexity index is 133. The van der Waals surface area contributed by atoms with Crippen LogP contribution in [0.15, 0.2) is 0 Å². The molecule has 0 bridgehead atoms. The summed E-state index contributed by atoms with van der Waals surface area (Å²) in [5, 5.41) is 0. The van der Waals surface area contributed by atoms with E-state index in [0.717, 1.165) is 5.92 Å². The summed E-state index contributed by atoms with van der Waals surface area (Å²) in [6.45, 7) is 5.17. The van der Waals surface area contributed by atoms with Crippen LogP contribution in [0.4, 0.5) is 0 Å². The van der Waals surface area contributed by atoms with Crippen LogP contribution < -0.4 is 0 Å². The third-order valence-electron chi connectivity index (χ3n) is 3.00. The van der Waals surface area contributed by atoms with Crippen molar-refractivity contribution in [2.45, 2.75) is 64.5 Å². The first-order valence-electron chi connectivity index (χ1n) is 6.33. The molecule has 0 fully saturated rings. The molecule has 0 aromatic heterocycles. The molecule has 0 N–H and O–H groups in total. The fraction of sp³-hybridized carbons (Fsp3) is 1.00. The van der Waals surface area contributed by atoms with Gasteiger partial charge in [-0.3, -0.25) is 0 Å². The van der Waals surface area contributed by atoms with E-state index in [9.17, 15) is 0 Å². The molecule has 0 aliphatic rings. The minimum atomic E-state index is 0.526. The lowest BCUT2D eigenvalue weighted by Gasteiger charge is -2.23. The number of hydrogen-bond acceptors (Lipinski definition) is 1. The summed E-state index contributed by atoms with van der Waals surface area (Å²) in [5.41, 5.74) is 0.526. The molecule has 2 radical (unpaired) electrons. The molecular formula is C12H26BOP. The lowest BCUT2D eigenvalue weighted by Crippen LogP contribution is -2.20. The molecule has 88 valence electrons. The Morgan fingerprint density at radius 2 is 1.67 bits per heavy atom. The highest BCUT2D eigenvalue weighted by atomic mass is 31.0. The van der Waals surface area contributed by atoms with Crippen molar-refractivity contribution in [2.24, 2.45) is 5.92 Å². The average molecular weight is 228 g/mol. The summed E-state index contributed by atoms with van der Waals surface area (Å²) in [6, 6.07) is 0. The van der Waals surface area contributed by atoms with E-state index in [-0.39, 0.29) is 0 Å². The molecule has 0 aliphatic heterocycles. The largest absolute Gasteiger partial charge is 0.447 e. The first-order chi connectivity index (χ1) is 7.26. The van der Waals surface area contributed by atoms with Crippen LogP contribution in [0.2, 0.25) is 0 Å². The van der Waals surface area contributed by atoms with E-state index in [1.165, 1.54) is 44.9 Å². The second kappa shape index (κ2) is 11.0. The van der Waals surface area contributed by atoms with Gasteiger partial charge >= 0.3 is 0 Å². The third kappa shape index (κ3) is 8.28. The molecule has 0 spiro atoms. The normalized spacial score (nSPS) is 15.1. The maximum atomic E-state index is 5.14. The van der Waals surface area contributed by atoms with Crippen molar-refractivity contribution < 1.29 is 4.65 Å². The van der Waals surface area contributed by atoms with Gasteiger partial charge in [-0.25, -0.2) is 0 Å². The van der Waals surface area contributed by atoms with E-state index in [0.29, 0.717) is 12.3 Å². The quantitative estimate of drug-likeness (QED) is 0.314. The minimum absolute atomic E-state index is 0.526. The molecule has 3 atom stereocenters. The van der Waals surface area contributed by atoms with Crippen molar-refractivity contribution in [3.8, 4) is 0 Å². The Kier molecular flexibility index (Phi) is 11.3. The first-order valence-corrected chi connectivity index (χ1v) is 7.00. The molecule has 0 aliphatic carbocycles. The lowest BCUT2D eigenvalue weighted by molar-refractivity contribution is 0.287. The minimum Gasteiger partial charge on any atom is -0.447 e. The molecular weight excluding hydrogens is 202 g/mol. The van der Waals surface area contributed by atoms with Crippen LogP contribution in [-0.4, -0.2) is 20.3 Å². The van der Waals surface area contributed by atoms with Gasteiger partial charge in [0.05, 0.1) is 0 Å². The van der Waals surface area contributed by atoms with Crippen LogP contribution in [-0.2, 0) is 4.65 Å². The summed E-state index contributed by atoms with van der Waals surface area (Å²) >= 11 is 0. The van der Waals surface area contributed by atoms with Crippen LogP contribution in [0.25, 0.3) is 0 Å². The molecule has 0 heterocycles. The zero-order valence-electron chi connectivity index (χ0n) is 10.4. The van der Waals surface area contributed by atoms with Gasteiger partial charge < -0.3 is 4.65 Å². The predicted molar refractivity (Wildman–Crippen MR) is 72.4 cm³/mol. The van der Waals surface area contributed by atoms with Crippen LogP contribution >= 0.6 is 9.24 Å². The second-order valence-electron chi connectivity index (χ2n) is 4.40. The molecule has 15 heavy (non-hydrogen) atoms. The van der Waals surface area contributed by atoms with Gasteiger partial charge in [-0.15, -0.1) is 9.24 Å². The Hall–Kier alpha value is 0.455. The molecule has 0 aromatic rings. The molecule has 0 aromatic carbocycles. The summed E-state index contributed by atoms with van der Waals surface area (Å²) in [5.74, 6) is 0.769. The van der Waals surface area contributed by atoms with Gasteiger partial charge in [-0.2, -0.15) is 0 Å². The predicted octanol–water partition coefficient (Wildman–Crippen LogP) is 3.72. The fourth-order valence-electron chi connectivity index (χ4n) is 1.94. The van der Waals surface area contributed by atoms with E-state index in [2.05, 4.69) is 23.1 Å². The van der Waals surface area contributed by atoms with Crippen LogP contribution in [0.1, 0.15) is 58.8 Å². The van der Waals surface area contributed by atoms with Crippen LogP contribution in [0, 0.1) is 5.92 Å². The summed E-state index contributed by atoms with van der Waals surface area (Å²) < 4.78 is 4.75. The second-order valence-corrected chi connectivity index (χ2v) is 5.25. The third-order valence-corrected chi connectivity index (χ3v) is 3.74. The summed E-state index contributed by atoms with van der Waals surface area (Å²) in [7, 11) is 8.03. The van der Waals surface area contributed by atoms with Crippen molar-refractivity contribution >= 4 is 17.3 Å². The van der Waals surface area contributed by atoms with Crippen molar-refractivity contribution in [2.75, 3.05) is 6.61 Å². The summed E-state index contributed by atoms with van der Waals surface area (Å²) in [4.78, 5) is 0. The average Bonchev–Trinajstić information content (AvgIpc) is 2.23. The highest BCUT2D eigenvalue weighted by Gasteiger charge is 2.15. The Morgan fingerprint density at radius 3 is 2.20 bits per heavy atom. The Labute approximate surface area is 99.4 Å². The van der Waals surface area contributed by atoms with Crippen molar-refractivity contribution in [3.05, 3.63) is 0 Å². The topological polar surface area (TPSA) is 9.23 Å². The van der Waals surface area contributed by atoms with E-state index in [4.69, 9.17) is 12.7 Å². The number of hydrogen-bond donors (Lipinski definition) is 0. The maximum Gasteiger partial charge on any atom is 0.282 e. The van der Waals surface area contributed by atoms with Gasteiger partial charge in [0.25, 0.3) is 8.05 Å². The Morgan fingerprint density at radius 1 is 1.07 bits per heavy atom. The number of unbranched alkanes of at least 4 members (excludes halogenated alkanes) is 3. The van der Waals surface area contributed by atoms with Crippen LogP contribution in [0.3, 0.4) is 0 Å². The molecule has 0 saturated heterocycles. The lowest BCUT2D eigenvalue weighted by atomic mass is 9.92. The fourth-order valence-corrected chi connectivity index (χ4v) is 2.44. The van der Waals surface area contributed by atoms with Crippen LogP contribution in [0.5, 0.6) is 0 Å². The summed E-state index contributed by atoms with van der Waals surface area (Å²) in [6.07, 6.45) is 9.25. The van der Waals surface area contributed by atoms with Crippen molar-refractivity contribution in [1.29, 1.82) is 0 Å². The number of rotatable bonds is 10. The maximum absolute atomic E-state index is 5.14. The molecule has 0 amide bonds. The van der Waals surface area contributed by atoms with E-state index in [1.54, 1.807) is 0 Å². The van der Waals surface area contributed by atoms with Gasteiger partial charge in [0, 0.05) is 6.61 Å². The highest BCUT2D eigenvalue weighted by molar-refractivity contribution is 7.17. The zero-order valence-corrected chi connectivity index (χ0v) is 11.5. The van der Waals surface area contributed by atoms with Gasteiger partial charge in [-0.05, 0) is 24.4 Å². The smallest absolute Gasteiger partial charge is 0.282 e. The van der Waals surface area contributed by atoms with Crippen molar-refractivity contribution in [3.63, 3.8) is 0 Å². The van der Waals surface area contributed by atoms with Crippen molar-refractivity contribution in [1.82, 2.24) is 0 Å². The molecule has 1 nitrogen and oxygen atoms in total. The first kappa shape index (κ1) is 15.5. The van der Waals surface area contributed by atoms with E-state index >= 15 is 0 Å². The van der Waals surface area contributed by atoms with Gasteiger partial charge in [0.1, 0.15) is 0 Å². The molecule has 0 saturated carbocycles. The molecule has 0 rings (SSSR count). The van der Waals surface area contributed by atoms with Gasteiger partial charge in [0.2, 0.25) is 0 Å². The standard InChI is InChI=1S/C12H26BOP/c1-3-5-7-9-11(8-6-4-2)12(15)10-14-13/h11-12H,3-10,15H2,1-2H3. The SMILES string of the molecule is [B]OCC(P)C(CCCC)CCCCC. The highest BCUT2D eigenvalue weighted by Crippen LogP contribution is 2.25. The molecule has 3 heteroatoms. The van der Waals surface area contributed by atoms with Gasteiger partial charge in [-0.1, -0.05) is 46.0 Å². The zero-order chi connectivity index (χ0) is 11.5. The van der Waals surface area contributed by atoms with Gasteiger partial charge in [0.15, 0.2) is 0 Å². The Balaban J connectivity index is 3.81. The monoisotopic (exact) mass is 228 g/mol. The van der Waals surface area contributed by atoms with E-state index < -0.39 is 0 Å². The molecule has 3 unspecified atom stereocenters.